The molecular formula is C26H28FN3O2. The summed E-state index contributed by atoms with van der Waals surface area (Å²) in [6.07, 6.45) is 7.25. The average Bonchev–Trinajstić information content (AvgIpc) is 3.22. The lowest BCUT2D eigenvalue weighted by molar-refractivity contribution is -0.133. The fourth-order valence-electron chi connectivity index (χ4n) is 4.32. The number of nitrogens with zero attached hydrogens (tertiary/aromatic N) is 3. The molecule has 0 N–H and O–H groups in total. The maximum absolute atomic E-state index is 13.4. The average molecular weight is 434 g/mol. The van der Waals surface area contributed by atoms with Crippen LogP contribution in [0.25, 0.3) is 11.8 Å². The van der Waals surface area contributed by atoms with Gasteiger partial charge in [0.25, 0.3) is 5.91 Å². The first-order valence-corrected chi connectivity index (χ1v) is 10.8. The highest BCUT2D eigenvalue weighted by molar-refractivity contribution is 5.99. The minimum absolute atomic E-state index is 0.0221. The molecule has 32 heavy (non-hydrogen) atoms. The first kappa shape index (κ1) is 21.8. The molecule has 1 aromatic heterocycles. The second kappa shape index (κ2) is 8.99. The Morgan fingerprint density at radius 3 is 2.62 bits per heavy atom. The van der Waals surface area contributed by atoms with Crippen LogP contribution in [0.1, 0.15) is 49.6 Å². The van der Waals surface area contributed by atoms with E-state index in [0.29, 0.717) is 5.75 Å². The predicted octanol–water partition coefficient (Wildman–Crippen LogP) is 5.48. The van der Waals surface area contributed by atoms with Crippen molar-refractivity contribution in [3.05, 3.63) is 83.2 Å². The largest absolute Gasteiger partial charge is 0.495 e. The van der Waals surface area contributed by atoms with Gasteiger partial charge >= 0.3 is 0 Å². The number of aryl methyl sites for hydroxylation is 1. The van der Waals surface area contributed by atoms with Crippen LogP contribution in [0.15, 0.2) is 60.6 Å². The molecule has 1 aliphatic heterocycles. The first-order valence-electron chi connectivity index (χ1n) is 10.8. The zero-order chi connectivity index (χ0) is 22.8. The zero-order valence-electron chi connectivity index (χ0n) is 18.9. The number of amides is 1. The Hall–Kier alpha value is -3.41. The molecule has 3 aromatic rings. The van der Waals surface area contributed by atoms with Gasteiger partial charge in [0.2, 0.25) is 0 Å². The molecule has 0 radical (unpaired) electrons. The first-order chi connectivity index (χ1) is 15.4. The van der Waals surface area contributed by atoms with Crippen LogP contribution in [0.5, 0.6) is 5.75 Å². The Morgan fingerprint density at radius 1 is 1.22 bits per heavy atom. The molecule has 0 bridgehead atoms. The summed E-state index contributed by atoms with van der Waals surface area (Å²) in [7, 11) is 1.64. The predicted molar refractivity (Wildman–Crippen MR) is 123 cm³/mol. The molecule has 2 aromatic carbocycles. The van der Waals surface area contributed by atoms with E-state index in [0.717, 1.165) is 40.9 Å². The van der Waals surface area contributed by atoms with Gasteiger partial charge in [0, 0.05) is 17.8 Å². The van der Waals surface area contributed by atoms with Crippen molar-refractivity contribution in [2.24, 2.45) is 0 Å². The summed E-state index contributed by atoms with van der Waals surface area (Å²) in [6.45, 7) is 6.01. The van der Waals surface area contributed by atoms with Gasteiger partial charge in [-0.25, -0.2) is 9.37 Å². The highest BCUT2D eigenvalue weighted by Gasteiger charge is 2.32. The minimum atomic E-state index is -0.275. The third-order valence-corrected chi connectivity index (χ3v) is 6.12. The van der Waals surface area contributed by atoms with Gasteiger partial charge in [-0.2, -0.15) is 0 Å². The molecule has 1 saturated heterocycles. The number of hydrogen-bond donors (Lipinski definition) is 0. The molecular weight excluding hydrogens is 405 g/mol. The highest BCUT2D eigenvalue weighted by Crippen LogP contribution is 2.33. The van der Waals surface area contributed by atoms with Gasteiger partial charge in [0.15, 0.2) is 0 Å². The van der Waals surface area contributed by atoms with E-state index in [2.05, 4.69) is 11.9 Å². The van der Waals surface area contributed by atoms with Crippen LogP contribution in [0, 0.1) is 12.7 Å². The smallest absolute Gasteiger partial charge is 0.250 e. The maximum atomic E-state index is 13.4. The molecule has 6 heteroatoms. The Balaban J connectivity index is 1.62. The van der Waals surface area contributed by atoms with Gasteiger partial charge in [-0.05, 0) is 75.1 Å². The van der Waals surface area contributed by atoms with Gasteiger partial charge in [-0.15, -0.1) is 0 Å². The van der Waals surface area contributed by atoms with Crippen molar-refractivity contribution in [2.75, 3.05) is 7.11 Å². The molecule has 4 rings (SSSR count). The van der Waals surface area contributed by atoms with E-state index in [1.165, 1.54) is 12.1 Å². The number of methoxy groups -OCH3 is 1. The Bertz CT molecular complexity index is 1150. The van der Waals surface area contributed by atoms with Gasteiger partial charge < -0.3 is 14.2 Å². The van der Waals surface area contributed by atoms with E-state index >= 15 is 0 Å². The van der Waals surface area contributed by atoms with Crippen LogP contribution in [0.3, 0.4) is 0 Å². The summed E-state index contributed by atoms with van der Waals surface area (Å²) in [5.74, 6) is 0.460. The standard InChI is InChI=1S/C26H28FN3O2/c1-17-15-29(16-28-17)24-12-6-20(14-25(24)32-4)13-22-7-5-18(2)30(26(22)31)19(3)21-8-10-23(27)11-9-21/h6,8-16,18-19H,5,7H2,1-4H3/t18?,19-/m0/s1. The third kappa shape index (κ3) is 4.31. The third-order valence-electron chi connectivity index (χ3n) is 6.12. The summed E-state index contributed by atoms with van der Waals surface area (Å²) < 4.78 is 20.9. The summed E-state index contributed by atoms with van der Waals surface area (Å²) in [4.78, 5) is 19.6. The second-order valence-corrected chi connectivity index (χ2v) is 8.35. The SMILES string of the molecule is COc1cc(C=C2CCC(C)N([C@@H](C)c3ccc(F)cc3)C2=O)ccc1-n1cnc(C)c1. The van der Waals surface area contributed by atoms with Crippen molar-refractivity contribution >= 4 is 12.0 Å². The molecule has 0 saturated carbocycles. The van der Waals surface area contributed by atoms with Gasteiger partial charge in [-0.1, -0.05) is 18.2 Å². The zero-order valence-corrected chi connectivity index (χ0v) is 18.9. The van der Waals surface area contributed by atoms with Crippen LogP contribution < -0.4 is 4.74 Å². The van der Waals surface area contributed by atoms with E-state index < -0.39 is 0 Å². The van der Waals surface area contributed by atoms with Crippen molar-refractivity contribution in [3.63, 3.8) is 0 Å². The van der Waals surface area contributed by atoms with Crippen molar-refractivity contribution < 1.29 is 13.9 Å². The number of hydrogen-bond acceptors (Lipinski definition) is 3. The van der Waals surface area contributed by atoms with E-state index in [1.54, 1.807) is 25.6 Å². The number of rotatable bonds is 5. The highest BCUT2D eigenvalue weighted by atomic mass is 19.1. The summed E-state index contributed by atoms with van der Waals surface area (Å²) >= 11 is 0. The number of carbonyl (C=O) groups excluding carboxylic acids is 1. The molecule has 2 atom stereocenters. The van der Waals surface area contributed by atoms with Gasteiger partial charge in [0.05, 0.1) is 30.9 Å². The number of imidazole rings is 1. The number of benzene rings is 2. The monoisotopic (exact) mass is 433 g/mol. The van der Waals surface area contributed by atoms with Crippen molar-refractivity contribution in [2.45, 2.75) is 45.7 Å². The summed E-state index contributed by atoms with van der Waals surface area (Å²) in [5, 5.41) is 0. The number of halogens is 1. The Morgan fingerprint density at radius 2 is 1.97 bits per heavy atom. The second-order valence-electron chi connectivity index (χ2n) is 8.35. The number of carbonyl (C=O) groups is 1. The molecule has 0 spiro atoms. The topological polar surface area (TPSA) is 47.4 Å². The molecule has 166 valence electrons. The number of piperidine rings is 1. The Kier molecular flexibility index (Phi) is 6.12. The Labute approximate surface area is 188 Å². The lowest BCUT2D eigenvalue weighted by Gasteiger charge is -2.39. The number of ether oxygens (including phenoxy) is 1. The normalized spacial score (nSPS) is 18.8. The van der Waals surface area contributed by atoms with Crippen LogP contribution in [-0.4, -0.2) is 33.5 Å². The minimum Gasteiger partial charge on any atom is -0.495 e. The molecule has 0 aliphatic carbocycles. The van der Waals surface area contributed by atoms with E-state index in [4.69, 9.17) is 4.74 Å². The summed E-state index contributed by atoms with van der Waals surface area (Å²) in [6, 6.07) is 12.3. The lowest BCUT2D eigenvalue weighted by atomic mass is 9.93. The van der Waals surface area contributed by atoms with Crippen molar-refractivity contribution in [1.82, 2.24) is 14.5 Å². The lowest BCUT2D eigenvalue weighted by Crippen LogP contribution is -2.44. The molecule has 1 fully saturated rings. The molecule has 1 aliphatic rings. The van der Waals surface area contributed by atoms with E-state index in [9.17, 15) is 9.18 Å². The molecule has 1 unspecified atom stereocenters. The fraction of sp³-hybridized carbons (Fsp3) is 0.308. The van der Waals surface area contributed by atoms with Crippen molar-refractivity contribution in [3.8, 4) is 11.4 Å². The van der Waals surface area contributed by atoms with Gasteiger partial charge in [0.1, 0.15) is 11.6 Å². The molecule has 2 heterocycles. The van der Waals surface area contributed by atoms with Crippen LogP contribution in [0.2, 0.25) is 0 Å². The fourth-order valence-corrected chi connectivity index (χ4v) is 4.32. The van der Waals surface area contributed by atoms with Crippen LogP contribution in [-0.2, 0) is 4.79 Å². The van der Waals surface area contributed by atoms with Crippen molar-refractivity contribution in [1.29, 1.82) is 0 Å². The van der Waals surface area contributed by atoms with Crippen LogP contribution >= 0.6 is 0 Å². The van der Waals surface area contributed by atoms with Crippen LogP contribution in [0.4, 0.5) is 4.39 Å². The number of likely N-dealkylation sites (tertiary alicyclic amines) is 1. The molecule has 5 nitrogen and oxygen atoms in total. The van der Waals surface area contributed by atoms with E-state index in [-0.39, 0.29) is 23.8 Å². The quantitative estimate of drug-likeness (QED) is 0.500. The maximum Gasteiger partial charge on any atom is 0.250 e. The van der Waals surface area contributed by atoms with Gasteiger partial charge in [-0.3, -0.25) is 4.79 Å². The number of aromatic nitrogens is 2. The summed E-state index contributed by atoms with van der Waals surface area (Å²) in [5.41, 5.74) is 4.43. The molecule has 1 amide bonds. The van der Waals surface area contributed by atoms with E-state index in [1.807, 2.05) is 53.8 Å².